The van der Waals surface area contributed by atoms with Crippen molar-refractivity contribution in [2.24, 2.45) is 0 Å². The second-order valence-corrected chi connectivity index (χ2v) is 4.61. The summed E-state index contributed by atoms with van der Waals surface area (Å²) in [6.45, 7) is 0.170. The van der Waals surface area contributed by atoms with Crippen LogP contribution in [0.25, 0.3) is 22.3 Å². The van der Waals surface area contributed by atoms with E-state index in [2.05, 4.69) is 30.7 Å². The summed E-state index contributed by atoms with van der Waals surface area (Å²) in [6, 6.07) is 8.76. The largest absolute Gasteiger partial charge is 0.437 e. The van der Waals surface area contributed by atoms with Crippen molar-refractivity contribution >= 4 is 28.2 Å². The van der Waals surface area contributed by atoms with Crippen molar-refractivity contribution in [1.29, 1.82) is 0 Å². The minimum Gasteiger partial charge on any atom is -0.437 e. The third-order valence-corrected chi connectivity index (χ3v) is 3.20. The lowest BCUT2D eigenvalue weighted by atomic mass is 10.1. The monoisotopic (exact) mass is 294 g/mol. The van der Waals surface area contributed by atoms with Gasteiger partial charge in [0.15, 0.2) is 11.2 Å². The van der Waals surface area contributed by atoms with E-state index >= 15 is 0 Å². The third kappa shape index (κ3) is 2.06. The van der Waals surface area contributed by atoms with E-state index in [1.807, 2.05) is 0 Å². The summed E-state index contributed by atoms with van der Waals surface area (Å²) in [5, 5.41) is 13.2. The molecule has 0 aliphatic heterocycles. The number of carbonyl (C=O) groups is 1. The molecular formula is C14H10N6O2. The third-order valence-electron chi connectivity index (χ3n) is 3.20. The maximum absolute atomic E-state index is 12.3. The maximum atomic E-state index is 12.3. The van der Waals surface area contributed by atoms with Gasteiger partial charge in [0.05, 0.1) is 12.1 Å². The molecule has 0 unspecified atom stereocenters. The minimum absolute atomic E-state index is 0.170. The fourth-order valence-corrected chi connectivity index (χ4v) is 2.19. The summed E-state index contributed by atoms with van der Waals surface area (Å²) in [7, 11) is 0. The number of aromatic nitrogens is 5. The number of aromatic amines is 1. The highest BCUT2D eigenvalue weighted by molar-refractivity contribution is 6.04. The van der Waals surface area contributed by atoms with E-state index in [4.69, 9.17) is 4.42 Å². The molecule has 0 bridgehead atoms. The molecule has 0 saturated heterocycles. The second kappa shape index (κ2) is 4.92. The lowest BCUT2D eigenvalue weighted by Gasteiger charge is -2.02. The number of carbonyl (C=O) groups excluding carboxylic acids is 1. The van der Waals surface area contributed by atoms with Crippen molar-refractivity contribution < 1.29 is 9.21 Å². The molecule has 4 rings (SSSR count). The molecule has 0 aliphatic carbocycles. The lowest BCUT2D eigenvalue weighted by molar-refractivity contribution is 0.0949. The molecule has 0 atom stereocenters. The minimum atomic E-state index is -0.269. The Labute approximate surface area is 123 Å². The van der Waals surface area contributed by atoms with Crippen LogP contribution in [0.5, 0.6) is 0 Å². The van der Waals surface area contributed by atoms with E-state index < -0.39 is 0 Å². The van der Waals surface area contributed by atoms with Gasteiger partial charge >= 0.3 is 0 Å². The van der Waals surface area contributed by atoms with Crippen LogP contribution in [0, 0.1) is 0 Å². The molecule has 0 spiro atoms. The van der Waals surface area contributed by atoms with Crippen molar-refractivity contribution in [3.8, 4) is 0 Å². The Hall–Kier alpha value is -3.29. The Kier molecular flexibility index (Phi) is 2.78. The highest BCUT2D eigenvalue weighted by atomic mass is 16.3. The number of oxazole rings is 1. The first kappa shape index (κ1) is 12.5. The molecule has 8 nitrogen and oxygen atoms in total. The zero-order valence-electron chi connectivity index (χ0n) is 11.3. The van der Waals surface area contributed by atoms with Crippen LogP contribution in [0.15, 0.2) is 40.9 Å². The zero-order chi connectivity index (χ0) is 14.9. The average molecular weight is 294 g/mol. The number of hydrogen-bond donors (Lipinski definition) is 2. The highest BCUT2D eigenvalue weighted by Gasteiger charge is 2.14. The van der Waals surface area contributed by atoms with E-state index in [9.17, 15) is 4.79 Å². The number of benzene rings is 1. The predicted molar refractivity (Wildman–Crippen MR) is 76.9 cm³/mol. The van der Waals surface area contributed by atoms with E-state index in [1.54, 1.807) is 36.5 Å². The number of hydrogen-bond acceptors (Lipinski definition) is 6. The predicted octanol–water partition coefficient (Wildman–Crippen LogP) is 1.42. The van der Waals surface area contributed by atoms with Crippen LogP contribution in [-0.2, 0) is 6.54 Å². The molecule has 1 aromatic carbocycles. The SMILES string of the molecule is O=C(NCc1nc2ncccc2o1)c1cccc2n[nH]nc12. The van der Waals surface area contributed by atoms with E-state index in [-0.39, 0.29) is 12.5 Å². The smallest absolute Gasteiger partial charge is 0.254 e. The number of nitrogens with one attached hydrogen (secondary N) is 2. The summed E-state index contributed by atoms with van der Waals surface area (Å²) in [6.07, 6.45) is 1.64. The summed E-state index contributed by atoms with van der Waals surface area (Å²) >= 11 is 0. The molecule has 108 valence electrons. The van der Waals surface area contributed by atoms with Gasteiger partial charge in [0.25, 0.3) is 5.91 Å². The molecule has 1 amide bonds. The standard InChI is InChI=1S/C14H10N6O2/c21-14(8-3-1-4-9-12(8)19-20-18-9)16-7-11-17-13-10(22-11)5-2-6-15-13/h1-6H,7H2,(H,16,21)(H,18,19,20). The van der Waals surface area contributed by atoms with Gasteiger partial charge in [0.2, 0.25) is 5.89 Å². The molecule has 22 heavy (non-hydrogen) atoms. The second-order valence-electron chi connectivity index (χ2n) is 4.61. The normalized spacial score (nSPS) is 11.1. The van der Waals surface area contributed by atoms with Gasteiger partial charge in [-0.25, -0.2) is 4.98 Å². The topological polar surface area (TPSA) is 110 Å². The van der Waals surface area contributed by atoms with Crippen molar-refractivity contribution in [2.45, 2.75) is 6.54 Å². The number of fused-ring (bicyclic) bond motifs is 2. The van der Waals surface area contributed by atoms with Gasteiger partial charge in [-0.1, -0.05) is 6.07 Å². The molecule has 2 N–H and O–H groups in total. The molecule has 0 radical (unpaired) electrons. The number of para-hydroxylation sites is 1. The molecule has 0 saturated carbocycles. The number of rotatable bonds is 3. The Bertz CT molecular complexity index is 940. The summed E-state index contributed by atoms with van der Waals surface area (Å²) in [5.74, 6) is 0.129. The van der Waals surface area contributed by atoms with Gasteiger partial charge in [0.1, 0.15) is 11.0 Å². The Morgan fingerprint density at radius 2 is 2.18 bits per heavy atom. The molecule has 3 aromatic heterocycles. The molecular weight excluding hydrogens is 284 g/mol. The molecule has 0 fully saturated rings. The van der Waals surface area contributed by atoms with Gasteiger partial charge < -0.3 is 9.73 Å². The molecule has 0 aliphatic rings. The molecule has 3 heterocycles. The van der Waals surface area contributed by atoms with Crippen LogP contribution in [-0.4, -0.2) is 31.3 Å². The van der Waals surface area contributed by atoms with Gasteiger partial charge in [-0.3, -0.25) is 4.79 Å². The quantitative estimate of drug-likeness (QED) is 0.591. The fourth-order valence-electron chi connectivity index (χ4n) is 2.19. The number of amides is 1. The Balaban J connectivity index is 1.56. The Morgan fingerprint density at radius 1 is 1.23 bits per heavy atom. The lowest BCUT2D eigenvalue weighted by Crippen LogP contribution is -2.23. The first-order valence-corrected chi connectivity index (χ1v) is 6.59. The van der Waals surface area contributed by atoms with Crippen LogP contribution < -0.4 is 5.32 Å². The van der Waals surface area contributed by atoms with E-state index in [0.717, 1.165) is 0 Å². The van der Waals surface area contributed by atoms with Gasteiger partial charge in [-0.05, 0) is 24.3 Å². The Morgan fingerprint density at radius 3 is 3.09 bits per heavy atom. The van der Waals surface area contributed by atoms with Gasteiger partial charge in [-0.2, -0.15) is 20.4 Å². The van der Waals surface area contributed by atoms with E-state index in [1.165, 1.54) is 0 Å². The number of H-pyrrole nitrogens is 1. The van der Waals surface area contributed by atoms with Crippen LogP contribution in [0.2, 0.25) is 0 Å². The van der Waals surface area contributed by atoms with Crippen molar-refractivity contribution in [2.75, 3.05) is 0 Å². The first-order valence-electron chi connectivity index (χ1n) is 6.59. The van der Waals surface area contributed by atoms with Crippen molar-refractivity contribution in [3.05, 3.63) is 48.0 Å². The van der Waals surface area contributed by atoms with Crippen molar-refractivity contribution in [1.82, 2.24) is 30.7 Å². The highest BCUT2D eigenvalue weighted by Crippen LogP contribution is 2.14. The number of nitrogens with zero attached hydrogens (tertiary/aromatic N) is 4. The summed E-state index contributed by atoms with van der Waals surface area (Å²) < 4.78 is 5.50. The molecule has 8 heteroatoms. The maximum Gasteiger partial charge on any atom is 0.254 e. The van der Waals surface area contributed by atoms with Crippen LogP contribution in [0.3, 0.4) is 0 Å². The summed E-state index contributed by atoms with van der Waals surface area (Å²) in [4.78, 5) is 20.6. The zero-order valence-corrected chi connectivity index (χ0v) is 11.3. The van der Waals surface area contributed by atoms with E-state index in [0.29, 0.717) is 33.7 Å². The summed E-state index contributed by atoms with van der Waals surface area (Å²) in [5.41, 5.74) is 2.72. The van der Waals surface area contributed by atoms with Gasteiger partial charge in [-0.15, -0.1) is 0 Å². The van der Waals surface area contributed by atoms with Gasteiger partial charge in [0, 0.05) is 6.20 Å². The average Bonchev–Trinajstić information content (AvgIpc) is 3.18. The number of pyridine rings is 1. The van der Waals surface area contributed by atoms with Crippen LogP contribution in [0.1, 0.15) is 16.2 Å². The van der Waals surface area contributed by atoms with Crippen LogP contribution in [0.4, 0.5) is 0 Å². The van der Waals surface area contributed by atoms with Crippen LogP contribution >= 0.6 is 0 Å². The van der Waals surface area contributed by atoms with Crippen molar-refractivity contribution in [3.63, 3.8) is 0 Å². The first-order chi connectivity index (χ1) is 10.8. The fraction of sp³-hybridized carbons (Fsp3) is 0.0714. The molecule has 4 aromatic rings.